The molecule has 124 valence electrons. The van der Waals surface area contributed by atoms with Crippen LogP contribution < -0.4 is 0 Å². The van der Waals surface area contributed by atoms with E-state index in [-0.39, 0.29) is 16.9 Å². The molecule has 22 heavy (non-hydrogen) atoms. The Morgan fingerprint density at radius 2 is 1.82 bits per heavy atom. The molecule has 0 amide bonds. The minimum absolute atomic E-state index is 0.101. The van der Waals surface area contributed by atoms with Crippen LogP contribution in [0.25, 0.3) is 0 Å². The van der Waals surface area contributed by atoms with E-state index < -0.39 is 12.2 Å². The maximum absolute atomic E-state index is 10.5. The Kier molecular flexibility index (Phi) is 3.32. The molecule has 3 heteroatoms. The topological polar surface area (TPSA) is 60.7 Å². The van der Waals surface area contributed by atoms with E-state index >= 15 is 0 Å². The summed E-state index contributed by atoms with van der Waals surface area (Å²) in [5.41, 5.74) is 1.62. The zero-order chi connectivity index (χ0) is 15.7. The van der Waals surface area contributed by atoms with Crippen molar-refractivity contribution in [2.24, 2.45) is 28.6 Å². The number of hydrogen-bond acceptors (Lipinski definition) is 3. The van der Waals surface area contributed by atoms with Gasteiger partial charge in [-0.3, -0.25) is 0 Å². The minimum atomic E-state index is -0.551. The Bertz CT molecular complexity index is 501. The van der Waals surface area contributed by atoms with Gasteiger partial charge in [0.25, 0.3) is 0 Å². The third-order valence-corrected chi connectivity index (χ3v) is 8.05. The second-order valence-electron chi connectivity index (χ2n) is 8.95. The van der Waals surface area contributed by atoms with Crippen LogP contribution in [0, 0.1) is 28.6 Å². The average Bonchev–Trinajstić information content (AvgIpc) is 2.72. The van der Waals surface area contributed by atoms with Crippen molar-refractivity contribution in [3.63, 3.8) is 0 Å². The van der Waals surface area contributed by atoms with Gasteiger partial charge in [-0.15, -0.1) is 0 Å². The lowest BCUT2D eigenvalue weighted by Gasteiger charge is -2.57. The summed E-state index contributed by atoms with van der Waals surface area (Å²) in [6, 6.07) is 0. The first-order valence-electron chi connectivity index (χ1n) is 9.10. The molecule has 3 nitrogen and oxygen atoms in total. The molecule has 0 aliphatic heterocycles. The Morgan fingerprint density at radius 1 is 1.05 bits per heavy atom. The second kappa shape index (κ2) is 4.81. The summed E-state index contributed by atoms with van der Waals surface area (Å²) in [5.74, 6) is 1.70. The van der Waals surface area contributed by atoms with Crippen LogP contribution in [0.4, 0.5) is 0 Å². The summed E-state index contributed by atoms with van der Waals surface area (Å²) < 4.78 is 0. The van der Waals surface area contributed by atoms with Crippen LogP contribution >= 0.6 is 0 Å². The fourth-order valence-electron chi connectivity index (χ4n) is 6.63. The number of hydrogen-bond donors (Lipinski definition) is 3. The van der Waals surface area contributed by atoms with Crippen molar-refractivity contribution in [2.75, 3.05) is 0 Å². The van der Waals surface area contributed by atoms with Crippen LogP contribution in [-0.2, 0) is 0 Å². The standard InChI is InChI=1S/C19H30O3/c1-18-7-5-12(20)9-11(18)3-4-13-14(18)6-8-19(2)15(13)10-16(21)17(19)22/h3,12-17,20-22H,4-10H2,1-2H3/t12?,13-,14-,15+,16?,17?,18+,19+/m1/s1. The van der Waals surface area contributed by atoms with Gasteiger partial charge in [0.05, 0.1) is 18.3 Å². The van der Waals surface area contributed by atoms with Gasteiger partial charge < -0.3 is 15.3 Å². The van der Waals surface area contributed by atoms with Crippen molar-refractivity contribution >= 4 is 0 Å². The summed E-state index contributed by atoms with van der Waals surface area (Å²) in [7, 11) is 0. The summed E-state index contributed by atoms with van der Waals surface area (Å²) in [5, 5.41) is 30.7. The van der Waals surface area contributed by atoms with Crippen LogP contribution in [0.1, 0.15) is 58.8 Å². The molecule has 0 saturated heterocycles. The van der Waals surface area contributed by atoms with Gasteiger partial charge in [0.15, 0.2) is 0 Å². The lowest BCUT2D eigenvalue weighted by atomic mass is 9.48. The van der Waals surface area contributed by atoms with E-state index in [2.05, 4.69) is 19.9 Å². The monoisotopic (exact) mass is 306 g/mol. The molecular formula is C19H30O3. The molecule has 0 aromatic rings. The predicted octanol–water partition coefficient (Wildman–Crippen LogP) is 2.64. The highest BCUT2D eigenvalue weighted by Gasteiger charge is 2.60. The lowest BCUT2D eigenvalue weighted by molar-refractivity contribution is -0.0817. The molecule has 0 radical (unpaired) electrons. The van der Waals surface area contributed by atoms with Gasteiger partial charge in [-0.2, -0.15) is 0 Å². The number of aliphatic hydroxyl groups excluding tert-OH is 3. The highest BCUT2D eigenvalue weighted by atomic mass is 16.3. The van der Waals surface area contributed by atoms with Gasteiger partial charge in [0.2, 0.25) is 0 Å². The summed E-state index contributed by atoms with van der Waals surface area (Å²) in [6.45, 7) is 4.60. The van der Waals surface area contributed by atoms with E-state index in [0.717, 1.165) is 44.9 Å². The smallest absolute Gasteiger partial charge is 0.0855 e. The van der Waals surface area contributed by atoms with Crippen molar-refractivity contribution < 1.29 is 15.3 Å². The van der Waals surface area contributed by atoms with Crippen molar-refractivity contribution in [3.05, 3.63) is 11.6 Å². The van der Waals surface area contributed by atoms with Crippen LogP contribution in [0.3, 0.4) is 0 Å². The number of fused-ring (bicyclic) bond motifs is 5. The third kappa shape index (κ3) is 1.85. The van der Waals surface area contributed by atoms with Gasteiger partial charge in [-0.1, -0.05) is 25.5 Å². The van der Waals surface area contributed by atoms with Crippen molar-refractivity contribution in [2.45, 2.75) is 77.1 Å². The number of rotatable bonds is 0. The summed E-state index contributed by atoms with van der Waals surface area (Å²) >= 11 is 0. The first-order chi connectivity index (χ1) is 10.4. The SMILES string of the molecule is C[C@]12CCC(O)CC1=CC[C@@H]1[C@H]2CC[C@]2(C)C(O)C(O)C[C@@H]12. The molecule has 4 rings (SSSR count). The van der Waals surface area contributed by atoms with Crippen LogP contribution in [0.2, 0.25) is 0 Å². The Labute approximate surface area is 133 Å². The fraction of sp³-hybridized carbons (Fsp3) is 0.895. The molecule has 3 N–H and O–H groups in total. The van der Waals surface area contributed by atoms with Crippen LogP contribution in [0.15, 0.2) is 11.6 Å². The zero-order valence-electron chi connectivity index (χ0n) is 13.8. The molecule has 0 aromatic carbocycles. The van der Waals surface area contributed by atoms with E-state index in [0.29, 0.717) is 17.8 Å². The molecule has 3 fully saturated rings. The van der Waals surface area contributed by atoms with Crippen molar-refractivity contribution in [1.29, 1.82) is 0 Å². The maximum atomic E-state index is 10.5. The van der Waals surface area contributed by atoms with Gasteiger partial charge in [-0.05, 0) is 73.5 Å². The fourth-order valence-corrected chi connectivity index (χ4v) is 6.63. The molecule has 3 unspecified atom stereocenters. The summed E-state index contributed by atoms with van der Waals surface area (Å²) in [4.78, 5) is 0. The molecule has 0 heterocycles. The van der Waals surface area contributed by atoms with Gasteiger partial charge >= 0.3 is 0 Å². The minimum Gasteiger partial charge on any atom is -0.393 e. The Balaban J connectivity index is 1.68. The quantitative estimate of drug-likeness (QED) is 0.603. The van der Waals surface area contributed by atoms with E-state index in [4.69, 9.17) is 0 Å². The van der Waals surface area contributed by atoms with Crippen LogP contribution in [-0.4, -0.2) is 33.6 Å². The van der Waals surface area contributed by atoms with E-state index in [9.17, 15) is 15.3 Å². The molecule has 3 saturated carbocycles. The molecule has 8 atom stereocenters. The molecule has 4 aliphatic carbocycles. The normalized spacial score (nSPS) is 57.6. The first-order valence-corrected chi connectivity index (χ1v) is 9.10. The van der Waals surface area contributed by atoms with E-state index in [1.807, 2.05) is 0 Å². The Hall–Kier alpha value is -0.380. The van der Waals surface area contributed by atoms with Crippen molar-refractivity contribution in [3.8, 4) is 0 Å². The zero-order valence-corrected chi connectivity index (χ0v) is 13.8. The first kappa shape index (κ1) is 15.2. The molecule has 0 bridgehead atoms. The maximum Gasteiger partial charge on any atom is 0.0855 e. The molecule has 4 aliphatic rings. The Morgan fingerprint density at radius 3 is 2.59 bits per heavy atom. The van der Waals surface area contributed by atoms with E-state index in [1.165, 1.54) is 5.57 Å². The van der Waals surface area contributed by atoms with Gasteiger partial charge in [0, 0.05) is 0 Å². The second-order valence-corrected chi connectivity index (χ2v) is 8.95. The largest absolute Gasteiger partial charge is 0.393 e. The van der Waals surface area contributed by atoms with Crippen molar-refractivity contribution in [1.82, 2.24) is 0 Å². The third-order valence-electron chi connectivity index (χ3n) is 8.05. The molecule has 0 spiro atoms. The highest BCUT2D eigenvalue weighted by Crippen LogP contribution is 2.64. The predicted molar refractivity (Wildman–Crippen MR) is 85.1 cm³/mol. The lowest BCUT2D eigenvalue weighted by Crippen LogP contribution is -2.51. The average molecular weight is 306 g/mol. The number of aliphatic hydroxyl groups is 3. The molecular weight excluding hydrogens is 276 g/mol. The summed E-state index contributed by atoms with van der Waals surface area (Å²) in [6.07, 6.45) is 8.04. The number of allylic oxidation sites excluding steroid dienone is 1. The van der Waals surface area contributed by atoms with E-state index in [1.54, 1.807) is 0 Å². The molecule has 0 aromatic heterocycles. The highest BCUT2D eigenvalue weighted by molar-refractivity contribution is 5.25. The van der Waals surface area contributed by atoms with Gasteiger partial charge in [-0.25, -0.2) is 0 Å². The van der Waals surface area contributed by atoms with Crippen LogP contribution in [0.5, 0.6) is 0 Å². The van der Waals surface area contributed by atoms with Gasteiger partial charge in [0.1, 0.15) is 0 Å².